The van der Waals surface area contributed by atoms with Crippen molar-refractivity contribution in [3.63, 3.8) is 0 Å². The van der Waals surface area contributed by atoms with Gasteiger partial charge in [-0.25, -0.2) is 0 Å². The van der Waals surface area contributed by atoms with Crippen LogP contribution in [0, 0.1) is 5.92 Å². The molecule has 1 heterocycles. The largest absolute Gasteiger partial charge is 0.396 e. The summed E-state index contributed by atoms with van der Waals surface area (Å²) >= 11 is 0. The zero-order valence-electron chi connectivity index (χ0n) is 11.1. The van der Waals surface area contributed by atoms with Gasteiger partial charge in [0.05, 0.1) is 25.0 Å². The Hall–Kier alpha value is -1.03. The van der Waals surface area contributed by atoms with Crippen LogP contribution in [0.5, 0.6) is 0 Å². The minimum Gasteiger partial charge on any atom is -0.396 e. The highest BCUT2D eigenvalue weighted by Gasteiger charge is 2.05. The Labute approximate surface area is 104 Å². The number of ether oxygens (including phenoxy) is 1. The second kappa shape index (κ2) is 8.12. The van der Waals surface area contributed by atoms with Crippen molar-refractivity contribution in [1.29, 1.82) is 0 Å². The number of rotatable bonds is 9. The highest BCUT2D eigenvalue weighted by atomic mass is 16.5. The van der Waals surface area contributed by atoms with Gasteiger partial charge in [-0.2, -0.15) is 5.10 Å². The lowest BCUT2D eigenvalue weighted by Gasteiger charge is -2.14. The van der Waals surface area contributed by atoms with Crippen LogP contribution in [0.25, 0.3) is 0 Å². The van der Waals surface area contributed by atoms with E-state index in [4.69, 9.17) is 10.5 Å². The topological polar surface area (TPSA) is 53.1 Å². The molecule has 0 bridgehead atoms. The fourth-order valence-electron chi connectivity index (χ4n) is 1.81. The molecule has 0 aromatic carbocycles. The zero-order valence-corrected chi connectivity index (χ0v) is 11.1. The molecule has 98 valence electrons. The number of hydrogen-bond donors (Lipinski definition) is 1. The molecule has 2 N–H and O–H groups in total. The average Bonchev–Trinajstić information content (AvgIpc) is 2.74. The summed E-state index contributed by atoms with van der Waals surface area (Å²) in [7, 11) is 0. The van der Waals surface area contributed by atoms with E-state index in [1.165, 1.54) is 25.7 Å². The maximum atomic E-state index is 5.70. The number of anilines is 1. The molecular weight excluding hydrogens is 214 g/mol. The molecule has 1 atom stereocenters. The number of nitrogen functional groups attached to an aromatic ring is 1. The Bertz CT molecular complexity index is 299. The first kappa shape index (κ1) is 14.0. The van der Waals surface area contributed by atoms with E-state index in [1.807, 2.05) is 10.9 Å². The van der Waals surface area contributed by atoms with Gasteiger partial charge < -0.3 is 10.5 Å². The number of nitrogens with zero attached hydrogens (tertiary/aromatic N) is 2. The third kappa shape index (κ3) is 5.73. The molecule has 1 aromatic rings. The van der Waals surface area contributed by atoms with Gasteiger partial charge in [0.25, 0.3) is 0 Å². The number of hydrogen-bond acceptors (Lipinski definition) is 3. The summed E-state index contributed by atoms with van der Waals surface area (Å²) in [5.41, 5.74) is 6.29. The average molecular weight is 239 g/mol. The van der Waals surface area contributed by atoms with Crippen molar-refractivity contribution >= 4 is 5.69 Å². The molecule has 4 nitrogen and oxygen atoms in total. The Morgan fingerprint density at radius 2 is 2.29 bits per heavy atom. The van der Waals surface area contributed by atoms with Gasteiger partial charge in [-0.05, 0) is 12.3 Å². The monoisotopic (exact) mass is 239 g/mol. The van der Waals surface area contributed by atoms with E-state index in [9.17, 15) is 0 Å². The SMILES string of the molecule is CCCCC(CC)COCCn1cc(N)cn1. The summed E-state index contributed by atoms with van der Waals surface area (Å²) in [5.74, 6) is 0.706. The Morgan fingerprint density at radius 1 is 1.47 bits per heavy atom. The van der Waals surface area contributed by atoms with Crippen LogP contribution >= 0.6 is 0 Å². The van der Waals surface area contributed by atoms with E-state index < -0.39 is 0 Å². The molecule has 0 saturated carbocycles. The van der Waals surface area contributed by atoms with Crippen LogP contribution in [0.1, 0.15) is 39.5 Å². The van der Waals surface area contributed by atoms with Crippen LogP contribution in [0.15, 0.2) is 12.4 Å². The van der Waals surface area contributed by atoms with E-state index in [2.05, 4.69) is 18.9 Å². The van der Waals surface area contributed by atoms with E-state index in [0.29, 0.717) is 18.2 Å². The van der Waals surface area contributed by atoms with Gasteiger partial charge >= 0.3 is 0 Å². The van der Waals surface area contributed by atoms with E-state index in [-0.39, 0.29) is 0 Å². The summed E-state index contributed by atoms with van der Waals surface area (Å²) < 4.78 is 7.52. The minimum atomic E-state index is 0.706. The summed E-state index contributed by atoms with van der Waals surface area (Å²) in [6.45, 7) is 6.83. The van der Waals surface area contributed by atoms with Crippen molar-refractivity contribution < 1.29 is 4.74 Å². The molecule has 0 aliphatic rings. The molecule has 0 fully saturated rings. The van der Waals surface area contributed by atoms with Crippen LogP contribution < -0.4 is 5.73 Å². The maximum Gasteiger partial charge on any atom is 0.0719 e. The van der Waals surface area contributed by atoms with E-state index >= 15 is 0 Å². The van der Waals surface area contributed by atoms with Gasteiger partial charge in [-0.15, -0.1) is 0 Å². The number of unbranched alkanes of at least 4 members (excludes halogenated alkanes) is 1. The fourth-order valence-corrected chi connectivity index (χ4v) is 1.81. The first-order chi connectivity index (χ1) is 8.26. The maximum absolute atomic E-state index is 5.70. The molecule has 0 saturated heterocycles. The van der Waals surface area contributed by atoms with Gasteiger partial charge in [0, 0.05) is 12.8 Å². The van der Waals surface area contributed by atoms with Crippen molar-refractivity contribution in [2.24, 2.45) is 5.92 Å². The molecule has 1 aromatic heterocycles. The summed E-state index contributed by atoms with van der Waals surface area (Å²) in [5, 5.41) is 4.11. The predicted octanol–water partition coefficient (Wildman–Crippen LogP) is 2.70. The minimum absolute atomic E-state index is 0.706. The van der Waals surface area contributed by atoms with Gasteiger partial charge in [0.15, 0.2) is 0 Å². The lowest BCUT2D eigenvalue weighted by molar-refractivity contribution is 0.0862. The first-order valence-electron chi connectivity index (χ1n) is 6.61. The smallest absolute Gasteiger partial charge is 0.0719 e. The van der Waals surface area contributed by atoms with Crippen molar-refractivity contribution in [3.8, 4) is 0 Å². The third-order valence-corrected chi connectivity index (χ3v) is 3.01. The number of nitrogens with two attached hydrogens (primary N) is 1. The van der Waals surface area contributed by atoms with Crippen LogP contribution in [-0.2, 0) is 11.3 Å². The van der Waals surface area contributed by atoms with Crippen molar-refractivity contribution in [2.75, 3.05) is 18.9 Å². The molecule has 0 spiro atoms. The second-order valence-electron chi connectivity index (χ2n) is 4.53. The Balaban J connectivity index is 2.09. The quantitative estimate of drug-likeness (QED) is 0.674. The fraction of sp³-hybridized carbons (Fsp3) is 0.769. The normalized spacial score (nSPS) is 12.8. The van der Waals surface area contributed by atoms with Gasteiger partial charge in [-0.1, -0.05) is 33.1 Å². The highest BCUT2D eigenvalue weighted by molar-refractivity contribution is 5.30. The van der Waals surface area contributed by atoms with Gasteiger partial charge in [0.1, 0.15) is 0 Å². The van der Waals surface area contributed by atoms with Crippen molar-refractivity contribution in [2.45, 2.75) is 46.1 Å². The highest BCUT2D eigenvalue weighted by Crippen LogP contribution is 2.12. The molecular formula is C13H25N3O. The van der Waals surface area contributed by atoms with Crippen LogP contribution in [0.4, 0.5) is 5.69 Å². The van der Waals surface area contributed by atoms with Gasteiger partial charge in [-0.3, -0.25) is 4.68 Å². The van der Waals surface area contributed by atoms with Gasteiger partial charge in [0.2, 0.25) is 0 Å². The van der Waals surface area contributed by atoms with Crippen molar-refractivity contribution in [3.05, 3.63) is 12.4 Å². The molecule has 4 heteroatoms. The van der Waals surface area contributed by atoms with E-state index in [0.717, 1.165) is 13.2 Å². The molecule has 1 unspecified atom stereocenters. The van der Waals surface area contributed by atoms with Crippen molar-refractivity contribution in [1.82, 2.24) is 9.78 Å². The lowest BCUT2D eigenvalue weighted by atomic mass is 10.0. The van der Waals surface area contributed by atoms with Crippen LogP contribution in [0.2, 0.25) is 0 Å². The Kier molecular flexibility index (Phi) is 6.70. The standard InChI is InChI=1S/C13H25N3O/c1-3-5-6-12(4-2)11-17-8-7-16-10-13(14)9-15-16/h9-10,12H,3-8,11,14H2,1-2H3. The summed E-state index contributed by atoms with van der Waals surface area (Å²) in [4.78, 5) is 0. The molecule has 0 amide bonds. The summed E-state index contributed by atoms with van der Waals surface area (Å²) in [6, 6.07) is 0. The first-order valence-corrected chi connectivity index (χ1v) is 6.61. The zero-order chi connectivity index (χ0) is 12.5. The van der Waals surface area contributed by atoms with E-state index in [1.54, 1.807) is 6.20 Å². The number of aromatic nitrogens is 2. The molecule has 0 aliphatic carbocycles. The molecule has 17 heavy (non-hydrogen) atoms. The lowest BCUT2D eigenvalue weighted by Crippen LogP contribution is -2.13. The molecule has 0 aliphatic heterocycles. The predicted molar refractivity (Wildman–Crippen MR) is 70.8 cm³/mol. The summed E-state index contributed by atoms with van der Waals surface area (Å²) in [6.07, 6.45) is 8.55. The third-order valence-electron chi connectivity index (χ3n) is 3.01. The van der Waals surface area contributed by atoms with Crippen LogP contribution in [0.3, 0.4) is 0 Å². The molecule has 0 radical (unpaired) electrons. The van der Waals surface area contributed by atoms with Crippen LogP contribution in [-0.4, -0.2) is 23.0 Å². The molecule has 1 rings (SSSR count). The Morgan fingerprint density at radius 3 is 2.88 bits per heavy atom. The second-order valence-corrected chi connectivity index (χ2v) is 4.53.